The van der Waals surface area contributed by atoms with Crippen molar-refractivity contribution in [3.63, 3.8) is 0 Å². The van der Waals surface area contributed by atoms with Crippen LogP contribution in [0.4, 0.5) is 0 Å². The second-order valence-corrected chi connectivity index (χ2v) is 6.73. The highest BCUT2D eigenvalue weighted by Gasteiger charge is 2.26. The van der Waals surface area contributed by atoms with Gasteiger partial charge in [-0.1, -0.05) is 0 Å². The Morgan fingerprint density at radius 3 is 3.09 bits per heavy atom. The summed E-state index contributed by atoms with van der Waals surface area (Å²) in [5, 5.41) is 0. The van der Waals surface area contributed by atoms with E-state index < -0.39 is 0 Å². The van der Waals surface area contributed by atoms with Gasteiger partial charge in [0.25, 0.3) is 0 Å². The van der Waals surface area contributed by atoms with E-state index >= 15 is 0 Å². The topological polar surface area (TPSA) is 51.0 Å². The first kappa shape index (κ1) is 16.9. The van der Waals surface area contributed by atoms with Gasteiger partial charge >= 0.3 is 0 Å². The molecule has 2 atom stereocenters. The van der Waals surface area contributed by atoms with Gasteiger partial charge in [-0.05, 0) is 39.8 Å². The van der Waals surface area contributed by atoms with Crippen molar-refractivity contribution in [2.45, 2.75) is 44.9 Å². The Hall–Kier alpha value is -0.950. The molecule has 3 heterocycles. The van der Waals surface area contributed by atoms with E-state index in [1.54, 1.807) is 6.20 Å². The highest BCUT2D eigenvalue weighted by Crippen LogP contribution is 2.17. The molecular weight excluding hydrogens is 294 g/mol. The third-order valence-corrected chi connectivity index (χ3v) is 4.80. The van der Waals surface area contributed by atoms with E-state index in [1.165, 1.54) is 12.8 Å². The lowest BCUT2D eigenvalue weighted by atomic mass is 10.2. The third kappa shape index (κ3) is 5.01. The number of rotatable bonds is 8. The van der Waals surface area contributed by atoms with Crippen molar-refractivity contribution in [1.29, 1.82) is 0 Å². The molecule has 2 fully saturated rings. The van der Waals surface area contributed by atoms with Gasteiger partial charge in [0, 0.05) is 25.7 Å². The van der Waals surface area contributed by atoms with Crippen molar-refractivity contribution < 1.29 is 13.9 Å². The van der Waals surface area contributed by atoms with Crippen molar-refractivity contribution in [2.24, 2.45) is 0 Å². The van der Waals surface area contributed by atoms with Gasteiger partial charge in [-0.25, -0.2) is 4.98 Å². The quantitative estimate of drug-likeness (QED) is 0.679. The molecule has 0 radical (unpaired) electrons. The van der Waals surface area contributed by atoms with Crippen LogP contribution in [0.1, 0.15) is 30.9 Å². The van der Waals surface area contributed by atoms with Crippen LogP contribution in [0.2, 0.25) is 0 Å². The number of likely N-dealkylation sites (tertiary alicyclic amines) is 1. The zero-order chi connectivity index (χ0) is 16.1. The molecule has 0 aliphatic carbocycles. The summed E-state index contributed by atoms with van der Waals surface area (Å²) in [5.74, 6) is 1.69. The van der Waals surface area contributed by atoms with Crippen molar-refractivity contribution in [1.82, 2.24) is 14.8 Å². The van der Waals surface area contributed by atoms with Crippen molar-refractivity contribution in [3.05, 3.63) is 17.8 Å². The number of hydrogen-bond acceptors (Lipinski definition) is 6. The first-order valence-electron chi connectivity index (χ1n) is 8.74. The maximum atomic E-state index is 5.77. The largest absolute Gasteiger partial charge is 0.445 e. The van der Waals surface area contributed by atoms with Gasteiger partial charge in [0.05, 0.1) is 32.1 Å². The van der Waals surface area contributed by atoms with Gasteiger partial charge in [0.2, 0.25) is 5.89 Å². The molecule has 0 aromatic carbocycles. The van der Waals surface area contributed by atoms with E-state index in [1.807, 2.05) is 6.92 Å². The fraction of sp³-hybridized carbons (Fsp3) is 0.824. The molecular formula is C17H29N3O3. The van der Waals surface area contributed by atoms with Crippen molar-refractivity contribution >= 4 is 0 Å². The van der Waals surface area contributed by atoms with Gasteiger partial charge < -0.3 is 13.9 Å². The second kappa shape index (κ2) is 8.24. The standard InChI is InChI=1S/C17H29N3O3/c1-14-10-18-17(23-14)12-19(2)15-5-6-20(11-15)7-9-21-13-16-4-3-8-22-16/h10,15-16H,3-9,11-13H2,1-2H3/t15-,16-/m1/s1. The highest BCUT2D eigenvalue weighted by atomic mass is 16.5. The fourth-order valence-electron chi connectivity index (χ4n) is 3.38. The molecule has 6 heteroatoms. The SMILES string of the molecule is Cc1cnc(CN(C)[C@@H]2CCN(CCOC[C@H]3CCCO3)C2)o1. The van der Waals surface area contributed by atoms with Crippen LogP contribution in [0.15, 0.2) is 10.6 Å². The molecule has 0 unspecified atom stereocenters. The van der Waals surface area contributed by atoms with Crippen LogP contribution in [0.25, 0.3) is 0 Å². The molecule has 0 saturated carbocycles. The smallest absolute Gasteiger partial charge is 0.208 e. The van der Waals surface area contributed by atoms with Crippen molar-refractivity contribution in [3.8, 4) is 0 Å². The van der Waals surface area contributed by atoms with Gasteiger partial charge in [-0.15, -0.1) is 0 Å². The summed E-state index contributed by atoms with van der Waals surface area (Å²) in [6.07, 6.45) is 5.64. The first-order chi connectivity index (χ1) is 11.2. The molecule has 0 bridgehead atoms. The zero-order valence-corrected chi connectivity index (χ0v) is 14.4. The van der Waals surface area contributed by atoms with Crippen molar-refractivity contribution in [2.75, 3.05) is 46.5 Å². The second-order valence-electron chi connectivity index (χ2n) is 6.73. The van der Waals surface area contributed by atoms with E-state index in [2.05, 4.69) is 21.8 Å². The van der Waals surface area contributed by atoms with Crippen LogP contribution < -0.4 is 0 Å². The number of ether oxygens (including phenoxy) is 2. The molecule has 6 nitrogen and oxygen atoms in total. The van der Waals surface area contributed by atoms with Crippen LogP contribution in [0, 0.1) is 6.92 Å². The summed E-state index contributed by atoms with van der Waals surface area (Å²) in [7, 11) is 2.15. The number of aromatic nitrogens is 1. The summed E-state index contributed by atoms with van der Waals surface area (Å²) >= 11 is 0. The lowest BCUT2D eigenvalue weighted by molar-refractivity contribution is 0.0116. The van der Waals surface area contributed by atoms with Crippen LogP contribution in [-0.2, 0) is 16.0 Å². The molecule has 0 N–H and O–H groups in total. The normalized spacial score (nSPS) is 25.7. The highest BCUT2D eigenvalue weighted by molar-refractivity contribution is 4.92. The molecule has 0 spiro atoms. The summed E-state index contributed by atoms with van der Waals surface area (Å²) in [5.41, 5.74) is 0. The van der Waals surface area contributed by atoms with E-state index in [-0.39, 0.29) is 0 Å². The molecule has 130 valence electrons. The average Bonchev–Trinajstić information content (AvgIpc) is 3.25. The number of nitrogens with zero attached hydrogens (tertiary/aromatic N) is 3. The molecule has 2 saturated heterocycles. The molecule has 2 aliphatic heterocycles. The fourth-order valence-corrected chi connectivity index (χ4v) is 3.38. The van der Waals surface area contributed by atoms with Crippen LogP contribution in [0.3, 0.4) is 0 Å². The minimum atomic E-state index is 0.330. The van der Waals surface area contributed by atoms with Gasteiger partial charge in [0.15, 0.2) is 0 Å². The van der Waals surface area contributed by atoms with Gasteiger partial charge in [-0.2, -0.15) is 0 Å². The summed E-state index contributed by atoms with van der Waals surface area (Å²) in [4.78, 5) is 9.12. The molecule has 23 heavy (non-hydrogen) atoms. The summed E-state index contributed by atoms with van der Waals surface area (Å²) in [6, 6.07) is 0.570. The first-order valence-corrected chi connectivity index (χ1v) is 8.74. The predicted molar refractivity (Wildman–Crippen MR) is 87.3 cm³/mol. The molecule has 3 rings (SSSR count). The van der Waals surface area contributed by atoms with E-state index in [4.69, 9.17) is 13.9 Å². The van der Waals surface area contributed by atoms with E-state index in [9.17, 15) is 0 Å². The minimum absolute atomic E-state index is 0.330. The third-order valence-electron chi connectivity index (χ3n) is 4.80. The number of likely N-dealkylation sites (N-methyl/N-ethyl adjacent to an activating group) is 1. The summed E-state index contributed by atoms with van der Waals surface area (Å²) in [6.45, 7) is 8.41. The van der Waals surface area contributed by atoms with Gasteiger partial charge in [0.1, 0.15) is 5.76 Å². The predicted octanol–water partition coefficient (Wildman–Crippen LogP) is 1.68. The number of hydrogen-bond donors (Lipinski definition) is 0. The average molecular weight is 323 g/mol. The molecule has 1 aromatic heterocycles. The lowest BCUT2D eigenvalue weighted by Gasteiger charge is -2.23. The molecule has 0 amide bonds. The Morgan fingerprint density at radius 1 is 1.43 bits per heavy atom. The summed E-state index contributed by atoms with van der Waals surface area (Å²) < 4.78 is 16.9. The minimum Gasteiger partial charge on any atom is -0.445 e. The Labute approximate surface area is 138 Å². The van der Waals surface area contributed by atoms with E-state index in [0.717, 1.165) is 64.1 Å². The van der Waals surface area contributed by atoms with Crippen LogP contribution >= 0.6 is 0 Å². The van der Waals surface area contributed by atoms with Crippen LogP contribution in [0.5, 0.6) is 0 Å². The van der Waals surface area contributed by atoms with E-state index in [0.29, 0.717) is 12.1 Å². The molecule has 1 aromatic rings. The van der Waals surface area contributed by atoms with Gasteiger partial charge in [-0.3, -0.25) is 9.80 Å². The number of oxazole rings is 1. The Morgan fingerprint density at radius 2 is 2.35 bits per heavy atom. The maximum absolute atomic E-state index is 5.77. The zero-order valence-electron chi connectivity index (χ0n) is 14.4. The maximum Gasteiger partial charge on any atom is 0.208 e. The Balaban J connectivity index is 1.31. The van der Waals surface area contributed by atoms with Crippen LogP contribution in [-0.4, -0.2) is 73.4 Å². The Bertz CT molecular complexity index is 473. The molecule has 2 aliphatic rings. The lowest BCUT2D eigenvalue weighted by Crippen LogP contribution is -2.35. The monoisotopic (exact) mass is 323 g/mol. The Kier molecular flexibility index (Phi) is 6.05. The number of aryl methyl sites for hydroxylation is 1.